The number of aromatic nitrogens is 2. The minimum absolute atomic E-state index is 0.0546. The summed E-state index contributed by atoms with van der Waals surface area (Å²) in [5.74, 6) is 0.0156. The van der Waals surface area contributed by atoms with Crippen LogP contribution in [0.3, 0.4) is 0 Å². The van der Waals surface area contributed by atoms with E-state index in [0.29, 0.717) is 25.3 Å². The van der Waals surface area contributed by atoms with Crippen LogP contribution >= 0.6 is 0 Å². The molecule has 2 aliphatic rings. The van der Waals surface area contributed by atoms with Crippen molar-refractivity contribution >= 4 is 22.7 Å². The predicted molar refractivity (Wildman–Crippen MR) is 110 cm³/mol. The van der Waals surface area contributed by atoms with Gasteiger partial charge in [-0.3, -0.25) is 19.2 Å². The Kier molecular flexibility index (Phi) is 5.82. The molecule has 2 aliphatic heterocycles. The average molecular weight is 399 g/mol. The molecular formula is C21H29N5O3. The summed E-state index contributed by atoms with van der Waals surface area (Å²) in [6.07, 6.45) is 0.805. The number of morpholine rings is 1. The van der Waals surface area contributed by atoms with E-state index in [4.69, 9.17) is 4.74 Å². The molecule has 2 fully saturated rings. The van der Waals surface area contributed by atoms with E-state index in [9.17, 15) is 9.59 Å². The largest absolute Gasteiger partial charge is 0.379 e. The lowest BCUT2D eigenvalue weighted by atomic mass is 10.2. The van der Waals surface area contributed by atoms with Crippen LogP contribution in [-0.4, -0.2) is 94.8 Å². The van der Waals surface area contributed by atoms with Crippen molar-refractivity contribution in [3.63, 3.8) is 0 Å². The quantitative estimate of drug-likeness (QED) is 0.749. The first-order valence-electron chi connectivity index (χ1n) is 10.3. The zero-order chi connectivity index (χ0) is 20.4. The predicted octanol–water partition coefficient (Wildman–Crippen LogP) is 0.969. The average Bonchev–Trinajstić information content (AvgIpc) is 3.34. The van der Waals surface area contributed by atoms with Gasteiger partial charge in [-0.25, -0.2) is 0 Å². The lowest BCUT2D eigenvalue weighted by Gasteiger charge is -2.32. The first kappa shape index (κ1) is 19.8. The molecule has 2 saturated heterocycles. The van der Waals surface area contributed by atoms with Gasteiger partial charge in [0.05, 0.1) is 24.8 Å². The number of nitrogens with zero attached hydrogens (tertiary/aromatic N) is 5. The Labute approximate surface area is 171 Å². The maximum absolute atomic E-state index is 13.1. The fourth-order valence-corrected chi connectivity index (χ4v) is 4.37. The SMILES string of the molecule is CC(=O)N(CCN1CCOCC1)C1CCN(C(=O)c2nn(C)c3ccccc23)C1. The van der Waals surface area contributed by atoms with Crippen LogP contribution < -0.4 is 0 Å². The molecule has 1 aromatic carbocycles. The topological polar surface area (TPSA) is 70.9 Å². The Morgan fingerprint density at radius 3 is 2.72 bits per heavy atom. The molecule has 0 radical (unpaired) electrons. The molecule has 4 rings (SSSR count). The van der Waals surface area contributed by atoms with Crippen LogP contribution in [-0.2, 0) is 16.6 Å². The standard InChI is InChI=1S/C21H29N5O3/c1-16(27)26(10-9-24-11-13-29-14-12-24)17-7-8-25(15-17)21(28)20-18-5-3-4-6-19(18)23(2)22-20/h3-6,17H,7-15H2,1-2H3. The van der Waals surface area contributed by atoms with Crippen LogP contribution in [0.4, 0.5) is 0 Å². The smallest absolute Gasteiger partial charge is 0.275 e. The monoisotopic (exact) mass is 399 g/mol. The molecule has 2 amide bonds. The highest BCUT2D eigenvalue weighted by atomic mass is 16.5. The number of hydrogen-bond donors (Lipinski definition) is 0. The summed E-state index contributed by atoms with van der Waals surface area (Å²) < 4.78 is 7.14. The van der Waals surface area contributed by atoms with Crippen molar-refractivity contribution in [2.24, 2.45) is 7.05 Å². The number of carbonyl (C=O) groups excluding carboxylic acids is 2. The van der Waals surface area contributed by atoms with E-state index in [1.807, 2.05) is 41.1 Å². The molecule has 8 nitrogen and oxygen atoms in total. The Morgan fingerprint density at radius 2 is 1.97 bits per heavy atom. The van der Waals surface area contributed by atoms with E-state index >= 15 is 0 Å². The van der Waals surface area contributed by atoms with Gasteiger partial charge in [0.1, 0.15) is 0 Å². The van der Waals surface area contributed by atoms with Crippen molar-refractivity contribution < 1.29 is 14.3 Å². The van der Waals surface area contributed by atoms with Gasteiger partial charge >= 0.3 is 0 Å². The van der Waals surface area contributed by atoms with Crippen LogP contribution in [0.1, 0.15) is 23.8 Å². The lowest BCUT2D eigenvalue weighted by Crippen LogP contribution is -2.47. The van der Waals surface area contributed by atoms with Gasteiger partial charge in [0.25, 0.3) is 5.91 Å². The molecule has 2 aromatic rings. The Bertz CT molecular complexity index is 890. The minimum atomic E-state index is -0.0546. The number of likely N-dealkylation sites (tertiary alicyclic amines) is 1. The third-order valence-electron chi connectivity index (χ3n) is 6.02. The lowest BCUT2D eigenvalue weighted by molar-refractivity contribution is -0.131. The summed E-state index contributed by atoms with van der Waals surface area (Å²) in [6.45, 7) is 7.69. The minimum Gasteiger partial charge on any atom is -0.379 e. The zero-order valence-electron chi connectivity index (χ0n) is 17.2. The van der Waals surface area contributed by atoms with Gasteiger partial charge in [0.15, 0.2) is 5.69 Å². The number of benzene rings is 1. The van der Waals surface area contributed by atoms with Gasteiger partial charge in [-0.2, -0.15) is 5.10 Å². The third kappa shape index (κ3) is 4.13. The molecule has 1 aromatic heterocycles. The van der Waals surface area contributed by atoms with Crippen LogP contribution in [0.25, 0.3) is 10.9 Å². The first-order valence-corrected chi connectivity index (χ1v) is 10.3. The van der Waals surface area contributed by atoms with E-state index in [0.717, 1.165) is 50.2 Å². The fraction of sp³-hybridized carbons (Fsp3) is 0.571. The normalized spacial score (nSPS) is 20.3. The second-order valence-corrected chi connectivity index (χ2v) is 7.85. The summed E-state index contributed by atoms with van der Waals surface area (Å²) in [7, 11) is 1.86. The zero-order valence-corrected chi connectivity index (χ0v) is 17.2. The van der Waals surface area contributed by atoms with Gasteiger partial charge in [-0.15, -0.1) is 0 Å². The van der Waals surface area contributed by atoms with Crippen molar-refractivity contribution in [2.45, 2.75) is 19.4 Å². The molecule has 0 saturated carbocycles. The highest BCUT2D eigenvalue weighted by Crippen LogP contribution is 2.23. The highest BCUT2D eigenvalue weighted by Gasteiger charge is 2.33. The molecule has 3 heterocycles. The third-order valence-corrected chi connectivity index (χ3v) is 6.02. The summed E-state index contributed by atoms with van der Waals surface area (Å²) in [5, 5.41) is 5.34. The number of para-hydroxylation sites is 1. The van der Waals surface area contributed by atoms with E-state index in [1.54, 1.807) is 11.6 Å². The Hall–Kier alpha value is -2.45. The number of amides is 2. The number of fused-ring (bicyclic) bond motifs is 1. The number of hydrogen-bond acceptors (Lipinski definition) is 5. The molecule has 0 spiro atoms. The summed E-state index contributed by atoms with van der Waals surface area (Å²) in [4.78, 5) is 31.5. The van der Waals surface area contributed by atoms with Crippen molar-refractivity contribution in [3.8, 4) is 0 Å². The van der Waals surface area contributed by atoms with Gasteiger partial charge in [-0.1, -0.05) is 18.2 Å². The van der Waals surface area contributed by atoms with E-state index in [2.05, 4.69) is 10.00 Å². The van der Waals surface area contributed by atoms with E-state index in [1.165, 1.54) is 0 Å². The molecule has 29 heavy (non-hydrogen) atoms. The van der Waals surface area contributed by atoms with E-state index < -0.39 is 0 Å². The molecule has 1 unspecified atom stereocenters. The number of rotatable bonds is 5. The number of carbonyl (C=O) groups is 2. The molecule has 0 aliphatic carbocycles. The fourth-order valence-electron chi connectivity index (χ4n) is 4.37. The number of aryl methyl sites for hydroxylation is 1. The molecule has 0 bridgehead atoms. The van der Waals surface area contributed by atoms with Gasteiger partial charge in [-0.05, 0) is 12.5 Å². The van der Waals surface area contributed by atoms with Crippen LogP contribution in [0.2, 0.25) is 0 Å². The Balaban J connectivity index is 1.42. The summed E-state index contributed by atoms with van der Waals surface area (Å²) in [5.41, 5.74) is 1.44. The maximum atomic E-state index is 13.1. The second kappa shape index (κ2) is 8.51. The van der Waals surface area contributed by atoms with Crippen molar-refractivity contribution in [1.29, 1.82) is 0 Å². The maximum Gasteiger partial charge on any atom is 0.275 e. The summed E-state index contributed by atoms with van der Waals surface area (Å²) in [6, 6.07) is 7.84. The van der Waals surface area contributed by atoms with Gasteiger partial charge in [0.2, 0.25) is 5.91 Å². The van der Waals surface area contributed by atoms with Crippen molar-refractivity contribution in [2.75, 3.05) is 52.5 Å². The molecule has 1 atom stereocenters. The van der Waals surface area contributed by atoms with E-state index in [-0.39, 0.29) is 17.9 Å². The highest BCUT2D eigenvalue weighted by molar-refractivity contribution is 6.05. The Morgan fingerprint density at radius 1 is 1.21 bits per heavy atom. The summed E-state index contributed by atoms with van der Waals surface area (Å²) >= 11 is 0. The molecule has 8 heteroatoms. The molecule has 0 N–H and O–H groups in total. The first-order chi connectivity index (χ1) is 14.0. The van der Waals surface area contributed by atoms with Crippen molar-refractivity contribution in [3.05, 3.63) is 30.0 Å². The van der Waals surface area contributed by atoms with Crippen LogP contribution in [0.5, 0.6) is 0 Å². The van der Waals surface area contributed by atoms with Crippen LogP contribution in [0.15, 0.2) is 24.3 Å². The molecule has 156 valence electrons. The van der Waals surface area contributed by atoms with Crippen molar-refractivity contribution in [1.82, 2.24) is 24.5 Å². The van der Waals surface area contributed by atoms with Crippen LogP contribution in [0, 0.1) is 0 Å². The second-order valence-electron chi connectivity index (χ2n) is 7.85. The van der Waals surface area contributed by atoms with Gasteiger partial charge < -0.3 is 14.5 Å². The number of ether oxygens (including phenoxy) is 1. The van der Waals surface area contributed by atoms with Gasteiger partial charge in [0, 0.05) is 58.6 Å². The molecular weight excluding hydrogens is 370 g/mol.